The average molecular weight is 580 g/mol. The normalized spacial score (nSPS) is 23.0. The topological polar surface area (TPSA) is 151 Å². The maximum atomic E-state index is 13.0. The van der Waals surface area contributed by atoms with Crippen LogP contribution in [0.4, 0.5) is 5.82 Å². The number of carbonyl (C=O) groups excluding carboxylic acids is 2. The number of nitriles is 1. The second-order valence-electron chi connectivity index (χ2n) is 12.0. The van der Waals surface area contributed by atoms with Gasteiger partial charge in [0.05, 0.1) is 17.2 Å². The third-order valence-electron chi connectivity index (χ3n) is 7.76. The number of aromatic nitrogens is 3. The minimum Gasteiger partial charge on any atom is -0.458 e. The summed E-state index contributed by atoms with van der Waals surface area (Å²) in [5.74, 6) is -1.32. The molecule has 4 rings (SSSR count). The van der Waals surface area contributed by atoms with Crippen molar-refractivity contribution in [1.29, 1.82) is 5.26 Å². The van der Waals surface area contributed by atoms with Gasteiger partial charge in [-0.25, -0.2) is 14.3 Å². The lowest BCUT2D eigenvalue weighted by atomic mass is 9.95. The van der Waals surface area contributed by atoms with Gasteiger partial charge in [0.1, 0.15) is 36.7 Å². The lowest BCUT2D eigenvalue weighted by Gasteiger charge is -2.41. The van der Waals surface area contributed by atoms with E-state index in [0.29, 0.717) is 16.8 Å². The number of ether oxygens (including phenoxy) is 3. The van der Waals surface area contributed by atoms with Crippen molar-refractivity contribution in [3.05, 3.63) is 60.0 Å². The summed E-state index contributed by atoms with van der Waals surface area (Å²) in [6.07, 6.45) is -1.85. The standard InChI is InChI=1S/C29H37N5O6Si/c1-18(2)26(35)38-23-22(20-13-14-21-25(31)32-17-33-34(20)21)39-29(15-30,24(23)40-41(6,7)28(3,4)5)16-37-27(36)19-11-9-8-10-12-19/h8-14,17-18,22-24H,16H2,1-7H3,(H2,31,32,33)/t22-,23-,24-,29+/m0/s1. The minimum absolute atomic E-state index is 0.248. The van der Waals surface area contributed by atoms with Gasteiger partial charge < -0.3 is 24.4 Å². The number of hydrogen-bond acceptors (Lipinski definition) is 10. The van der Waals surface area contributed by atoms with Gasteiger partial charge in [-0.1, -0.05) is 52.8 Å². The molecule has 2 N–H and O–H groups in total. The van der Waals surface area contributed by atoms with Crippen LogP contribution >= 0.6 is 0 Å². The van der Waals surface area contributed by atoms with E-state index in [-0.39, 0.29) is 10.9 Å². The quantitative estimate of drug-likeness (QED) is 0.299. The first-order chi connectivity index (χ1) is 19.2. The number of rotatable bonds is 8. The van der Waals surface area contributed by atoms with Crippen molar-refractivity contribution in [2.45, 2.75) is 76.7 Å². The van der Waals surface area contributed by atoms with Gasteiger partial charge in [-0.2, -0.15) is 10.4 Å². The van der Waals surface area contributed by atoms with Gasteiger partial charge in [0.25, 0.3) is 0 Å². The van der Waals surface area contributed by atoms with Gasteiger partial charge in [-0.15, -0.1) is 0 Å². The van der Waals surface area contributed by atoms with Crippen LogP contribution in [-0.4, -0.2) is 59.3 Å². The van der Waals surface area contributed by atoms with Gasteiger partial charge in [0.15, 0.2) is 20.2 Å². The number of esters is 2. The Bertz CT molecular complexity index is 1460. The fourth-order valence-corrected chi connectivity index (χ4v) is 5.63. The van der Waals surface area contributed by atoms with Gasteiger partial charge >= 0.3 is 11.9 Å². The summed E-state index contributed by atoms with van der Waals surface area (Å²) in [5, 5.41) is 14.7. The minimum atomic E-state index is -2.61. The smallest absolute Gasteiger partial charge is 0.338 e. The van der Waals surface area contributed by atoms with Crippen LogP contribution in [0.2, 0.25) is 18.1 Å². The van der Waals surface area contributed by atoms with Crippen molar-refractivity contribution in [1.82, 2.24) is 14.6 Å². The zero-order valence-electron chi connectivity index (χ0n) is 24.5. The molecule has 0 amide bonds. The molecule has 3 aromatic rings. The zero-order valence-corrected chi connectivity index (χ0v) is 25.5. The van der Waals surface area contributed by atoms with Crippen molar-refractivity contribution in [3.8, 4) is 6.07 Å². The summed E-state index contributed by atoms with van der Waals surface area (Å²) < 4.78 is 26.6. The molecule has 0 saturated carbocycles. The molecule has 0 unspecified atom stereocenters. The zero-order chi connectivity index (χ0) is 30.2. The van der Waals surface area contributed by atoms with Crippen molar-refractivity contribution in [2.75, 3.05) is 12.3 Å². The number of nitrogens with two attached hydrogens (primary N) is 1. The lowest BCUT2D eigenvalue weighted by Crippen LogP contribution is -2.55. The molecule has 1 aliphatic rings. The molecule has 11 nitrogen and oxygen atoms in total. The highest BCUT2D eigenvalue weighted by molar-refractivity contribution is 6.74. The van der Waals surface area contributed by atoms with Crippen molar-refractivity contribution in [3.63, 3.8) is 0 Å². The van der Waals surface area contributed by atoms with Crippen molar-refractivity contribution in [2.24, 2.45) is 5.92 Å². The molecular formula is C29H37N5O6Si. The Hall–Kier alpha value is -3.79. The predicted molar refractivity (Wildman–Crippen MR) is 153 cm³/mol. The Balaban J connectivity index is 1.83. The number of fused-ring (bicyclic) bond motifs is 1. The summed E-state index contributed by atoms with van der Waals surface area (Å²) in [5.41, 5.74) is 5.58. The third-order valence-corrected chi connectivity index (χ3v) is 12.2. The Morgan fingerprint density at radius 2 is 1.88 bits per heavy atom. The molecule has 1 fully saturated rings. The molecule has 218 valence electrons. The highest BCUT2D eigenvalue weighted by Crippen LogP contribution is 2.48. The lowest BCUT2D eigenvalue weighted by molar-refractivity contribution is -0.159. The molecule has 12 heteroatoms. The van der Waals surface area contributed by atoms with Crippen LogP contribution in [0.3, 0.4) is 0 Å². The second-order valence-corrected chi connectivity index (χ2v) is 16.8. The van der Waals surface area contributed by atoms with E-state index in [1.807, 2.05) is 13.1 Å². The van der Waals surface area contributed by atoms with Gasteiger partial charge in [0, 0.05) is 0 Å². The number of benzene rings is 1. The van der Waals surface area contributed by atoms with E-state index in [2.05, 4.69) is 36.9 Å². The first kappa shape index (κ1) is 30.2. The molecule has 1 aromatic carbocycles. The van der Waals surface area contributed by atoms with Crippen LogP contribution in [0.5, 0.6) is 0 Å². The maximum absolute atomic E-state index is 13.0. The first-order valence-electron chi connectivity index (χ1n) is 13.5. The molecule has 2 aromatic heterocycles. The Morgan fingerprint density at radius 1 is 1.20 bits per heavy atom. The average Bonchev–Trinajstić information content (AvgIpc) is 3.47. The first-order valence-corrected chi connectivity index (χ1v) is 16.4. The SMILES string of the molecule is CC(C)C(=O)O[C@H]1[C@H](c2ccc3c(N)ncnn23)O[C@](C#N)(COC(=O)c2ccccc2)[C@H]1O[Si](C)(C)C(C)(C)C. The molecule has 1 aliphatic heterocycles. The second kappa shape index (κ2) is 11.2. The van der Waals surface area contributed by atoms with Crippen LogP contribution in [-0.2, 0) is 23.4 Å². The number of nitrogen functional groups attached to an aromatic ring is 1. The Kier molecular flexibility index (Phi) is 8.27. The fraction of sp³-hybridized carbons (Fsp3) is 0.483. The van der Waals surface area contributed by atoms with Crippen LogP contribution in [0.25, 0.3) is 5.52 Å². The molecule has 0 bridgehead atoms. The third kappa shape index (κ3) is 5.84. The van der Waals surface area contributed by atoms with Crippen molar-refractivity contribution >= 4 is 31.6 Å². The highest BCUT2D eigenvalue weighted by atomic mass is 28.4. The number of carbonyl (C=O) groups is 2. The van der Waals surface area contributed by atoms with Gasteiger partial charge in [-0.05, 0) is 42.4 Å². The fourth-order valence-electron chi connectivity index (χ4n) is 4.32. The van der Waals surface area contributed by atoms with E-state index in [9.17, 15) is 14.9 Å². The molecule has 0 radical (unpaired) electrons. The maximum Gasteiger partial charge on any atom is 0.338 e. The van der Waals surface area contributed by atoms with Crippen LogP contribution in [0.1, 0.15) is 56.8 Å². The number of nitrogens with zero attached hydrogens (tertiary/aromatic N) is 4. The molecule has 0 aliphatic carbocycles. The summed E-state index contributed by atoms with van der Waals surface area (Å²) in [6.45, 7) is 13.2. The molecular weight excluding hydrogens is 542 g/mol. The Labute approximate surface area is 240 Å². The molecule has 0 spiro atoms. The van der Waals surface area contributed by atoms with E-state index in [1.54, 1.807) is 56.3 Å². The largest absolute Gasteiger partial charge is 0.458 e. The van der Waals surface area contributed by atoms with Crippen LogP contribution in [0.15, 0.2) is 48.8 Å². The van der Waals surface area contributed by atoms with E-state index < -0.39 is 56.7 Å². The Morgan fingerprint density at radius 3 is 2.49 bits per heavy atom. The monoisotopic (exact) mass is 579 g/mol. The number of anilines is 1. The van der Waals surface area contributed by atoms with Crippen LogP contribution in [0, 0.1) is 17.2 Å². The van der Waals surface area contributed by atoms with Gasteiger partial charge in [0.2, 0.25) is 5.60 Å². The summed E-state index contributed by atoms with van der Waals surface area (Å²) in [6, 6.07) is 14.1. The van der Waals surface area contributed by atoms with E-state index >= 15 is 0 Å². The van der Waals surface area contributed by atoms with Crippen LogP contribution < -0.4 is 5.73 Å². The summed E-state index contributed by atoms with van der Waals surface area (Å²) in [4.78, 5) is 30.0. The highest BCUT2D eigenvalue weighted by Gasteiger charge is 2.62. The summed E-state index contributed by atoms with van der Waals surface area (Å²) >= 11 is 0. The molecule has 3 heterocycles. The van der Waals surface area contributed by atoms with Crippen molar-refractivity contribution < 1.29 is 28.2 Å². The molecule has 4 atom stereocenters. The molecule has 1 saturated heterocycles. The summed E-state index contributed by atoms with van der Waals surface area (Å²) in [7, 11) is -2.61. The van der Waals surface area contributed by atoms with Gasteiger partial charge in [-0.3, -0.25) is 4.79 Å². The van der Waals surface area contributed by atoms with E-state index in [4.69, 9.17) is 24.4 Å². The number of hydrogen-bond donors (Lipinski definition) is 1. The van der Waals surface area contributed by atoms with E-state index in [1.165, 1.54) is 10.8 Å². The predicted octanol–water partition coefficient (Wildman–Crippen LogP) is 4.46. The molecule has 41 heavy (non-hydrogen) atoms. The van der Waals surface area contributed by atoms with E-state index in [0.717, 1.165) is 0 Å².